The number of aliphatic carboxylic acids is 1. The Morgan fingerprint density at radius 1 is 1.62 bits per heavy atom. The molecule has 1 unspecified atom stereocenters. The number of anilines is 1. The van der Waals surface area contributed by atoms with Crippen molar-refractivity contribution < 1.29 is 9.90 Å². The Kier molecular flexibility index (Phi) is 3.02. The Bertz CT molecular complexity index is 456. The Balaban J connectivity index is 2.29. The smallest absolute Gasteiger partial charge is 0.327 e. The summed E-state index contributed by atoms with van der Waals surface area (Å²) < 4.78 is 0. The molecule has 0 radical (unpaired) electrons. The van der Waals surface area contributed by atoms with Crippen molar-refractivity contribution in [1.29, 1.82) is 5.26 Å². The second kappa shape index (κ2) is 4.45. The Morgan fingerprint density at radius 3 is 3.12 bits per heavy atom. The standard InChI is InChI=1S/C11H10N2O2S/c12-5-8-2-1-3-9(4-8)13-7-16-6-10(13)11(14)15/h1-4,10H,6-7H2,(H,14,15). The maximum Gasteiger partial charge on any atom is 0.327 e. The van der Waals surface area contributed by atoms with E-state index in [1.165, 1.54) is 0 Å². The first kappa shape index (κ1) is 10.8. The normalized spacial score (nSPS) is 19.4. The number of carboxylic acid groups (broad SMARTS) is 1. The molecule has 1 saturated heterocycles. The third-order valence-corrected chi connectivity index (χ3v) is 3.49. The van der Waals surface area contributed by atoms with Crippen LogP contribution in [-0.2, 0) is 4.79 Å². The summed E-state index contributed by atoms with van der Waals surface area (Å²) in [6.45, 7) is 0. The zero-order valence-electron chi connectivity index (χ0n) is 8.46. The van der Waals surface area contributed by atoms with Crippen molar-refractivity contribution in [2.24, 2.45) is 0 Å². The number of hydrogen-bond acceptors (Lipinski definition) is 4. The van der Waals surface area contributed by atoms with E-state index < -0.39 is 12.0 Å². The topological polar surface area (TPSA) is 64.3 Å². The summed E-state index contributed by atoms with van der Waals surface area (Å²) in [6.07, 6.45) is 0. The predicted octanol–water partition coefficient (Wildman–Crippen LogP) is 1.52. The van der Waals surface area contributed by atoms with E-state index in [4.69, 9.17) is 10.4 Å². The fourth-order valence-corrected chi connectivity index (χ4v) is 2.83. The molecule has 0 spiro atoms. The molecular weight excluding hydrogens is 224 g/mol. The van der Waals surface area contributed by atoms with E-state index in [-0.39, 0.29) is 0 Å². The van der Waals surface area contributed by atoms with Crippen molar-refractivity contribution >= 4 is 23.4 Å². The zero-order valence-corrected chi connectivity index (χ0v) is 9.28. The number of carbonyl (C=O) groups is 1. The van der Waals surface area contributed by atoms with Gasteiger partial charge in [0.15, 0.2) is 0 Å². The SMILES string of the molecule is N#Cc1cccc(N2CSCC2C(=O)O)c1. The van der Waals surface area contributed by atoms with Gasteiger partial charge in [-0.2, -0.15) is 5.26 Å². The number of carboxylic acids is 1. The summed E-state index contributed by atoms with van der Waals surface area (Å²) >= 11 is 1.59. The summed E-state index contributed by atoms with van der Waals surface area (Å²) in [5, 5.41) is 17.8. The van der Waals surface area contributed by atoms with Gasteiger partial charge in [0.1, 0.15) is 6.04 Å². The van der Waals surface area contributed by atoms with Gasteiger partial charge in [0.05, 0.1) is 17.5 Å². The molecule has 1 aromatic carbocycles. The highest BCUT2D eigenvalue weighted by molar-refractivity contribution is 7.99. The van der Waals surface area contributed by atoms with Crippen molar-refractivity contribution in [3.8, 4) is 6.07 Å². The minimum Gasteiger partial charge on any atom is -0.480 e. The van der Waals surface area contributed by atoms with E-state index in [2.05, 4.69) is 6.07 Å². The van der Waals surface area contributed by atoms with Crippen LogP contribution in [0, 0.1) is 11.3 Å². The number of benzene rings is 1. The Morgan fingerprint density at radius 2 is 2.44 bits per heavy atom. The quantitative estimate of drug-likeness (QED) is 0.840. The Hall–Kier alpha value is -1.67. The first-order valence-corrected chi connectivity index (χ1v) is 5.95. The van der Waals surface area contributed by atoms with Crippen LogP contribution in [0.5, 0.6) is 0 Å². The van der Waals surface area contributed by atoms with Crippen LogP contribution in [0.1, 0.15) is 5.56 Å². The van der Waals surface area contributed by atoms with Crippen LogP contribution in [0.15, 0.2) is 24.3 Å². The van der Waals surface area contributed by atoms with Crippen molar-refractivity contribution in [2.75, 3.05) is 16.5 Å². The monoisotopic (exact) mass is 234 g/mol. The van der Waals surface area contributed by atoms with Crippen molar-refractivity contribution in [2.45, 2.75) is 6.04 Å². The van der Waals surface area contributed by atoms with Crippen molar-refractivity contribution in [3.05, 3.63) is 29.8 Å². The maximum atomic E-state index is 11.0. The number of nitriles is 1. The maximum absolute atomic E-state index is 11.0. The minimum atomic E-state index is -0.813. The predicted molar refractivity (Wildman–Crippen MR) is 62.4 cm³/mol. The van der Waals surface area contributed by atoms with Gasteiger partial charge in [0, 0.05) is 11.4 Å². The van der Waals surface area contributed by atoms with E-state index in [1.807, 2.05) is 11.0 Å². The van der Waals surface area contributed by atoms with Crippen LogP contribution in [0.3, 0.4) is 0 Å². The van der Waals surface area contributed by atoms with Gasteiger partial charge in [-0.15, -0.1) is 11.8 Å². The zero-order chi connectivity index (χ0) is 11.5. The van der Waals surface area contributed by atoms with E-state index in [1.54, 1.807) is 30.0 Å². The molecule has 16 heavy (non-hydrogen) atoms. The van der Waals surface area contributed by atoms with Gasteiger partial charge < -0.3 is 10.0 Å². The van der Waals surface area contributed by atoms with Crippen LogP contribution >= 0.6 is 11.8 Å². The van der Waals surface area contributed by atoms with Crippen molar-refractivity contribution in [3.63, 3.8) is 0 Å². The average molecular weight is 234 g/mol. The molecule has 0 bridgehead atoms. The largest absolute Gasteiger partial charge is 0.480 e. The molecule has 4 nitrogen and oxygen atoms in total. The van der Waals surface area contributed by atoms with Crippen LogP contribution in [0.25, 0.3) is 0 Å². The number of nitrogens with zero attached hydrogens (tertiary/aromatic N) is 2. The summed E-state index contributed by atoms with van der Waals surface area (Å²) in [5.74, 6) is 0.435. The lowest BCUT2D eigenvalue weighted by Gasteiger charge is -2.22. The molecule has 0 aromatic heterocycles. The van der Waals surface area contributed by atoms with Crippen LogP contribution in [0.4, 0.5) is 5.69 Å². The second-order valence-electron chi connectivity index (χ2n) is 3.49. The average Bonchev–Trinajstić information content (AvgIpc) is 2.78. The van der Waals surface area contributed by atoms with Gasteiger partial charge in [0.2, 0.25) is 0 Å². The van der Waals surface area contributed by atoms with E-state index >= 15 is 0 Å². The number of rotatable bonds is 2. The first-order chi connectivity index (χ1) is 7.72. The lowest BCUT2D eigenvalue weighted by molar-refractivity contribution is -0.137. The molecule has 1 fully saturated rings. The van der Waals surface area contributed by atoms with Crippen molar-refractivity contribution in [1.82, 2.24) is 0 Å². The lowest BCUT2D eigenvalue weighted by atomic mass is 10.2. The molecule has 82 valence electrons. The third kappa shape index (κ3) is 1.97. The summed E-state index contributed by atoms with van der Waals surface area (Å²) in [6, 6.07) is 8.61. The lowest BCUT2D eigenvalue weighted by Crippen LogP contribution is -2.37. The summed E-state index contributed by atoms with van der Waals surface area (Å²) in [5.41, 5.74) is 1.36. The number of thioether (sulfide) groups is 1. The minimum absolute atomic E-state index is 0.487. The third-order valence-electron chi connectivity index (χ3n) is 2.47. The molecule has 0 amide bonds. The molecule has 0 saturated carbocycles. The summed E-state index contributed by atoms with van der Waals surface area (Å²) in [4.78, 5) is 12.8. The highest BCUT2D eigenvalue weighted by Crippen LogP contribution is 2.28. The highest BCUT2D eigenvalue weighted by Gasteiger charge is 2.31. The molecule has 1 N–H and O–H groups in total. The van der Waals surface area contributed by atoms with Gasteiger partial charge in [0.25, 0.3) is 0 Å². The molecule has 1 heterocycles. The van der Waals surface area contributed by atoms with Gasteiger partial charge in [-0.1, -0.05) is 6.07 Å². The van der Waals surface area contributed by atoms with Crippen LogP contribution in [0.2, 0.25) is 0 Å². The highest BCUT2D eigenvalue weighted by atomic mass is 32.2. The van der Waals surface area contributed by atoms with Gasteiger partial charge in [-0.05, 0) is 18.2 Å². The van der Waals surface area contributed by atoms with Gasteiger partial charge in [-0.3, -0.25) is 0 Å². The number of hydrogen-bond donors (Lipinski definition) is 1. The van der Waals surface area contributed by atoms with Crippen LogP contribution < -0.4 is 4.90 Å². The fraction of sp³-hybridized carbons (Fsp3) is 0.273. The van der Waals surface area contributed by atoms with Crippen LogP contribution in [-0.4, -0.2) is 28.7 Å². The second-order valence-corrected chi connectivity index (χ2v) is 4.49. The molecule has 1 aromatic rings. The van der Waals surface area contributed by atoms with E-state index in [9.17, 15) is 4.79 Å². The fourth-order valence-electron chi connectivity index (χ4n) is 1.66. The van der Waals surface area contributed by atoms with E-state index in [0.29, 0.717) is 17.2 Å². The first-order valence-electron chi connectivity index (χ1n) is 4.80. The molecule has 2 rings (SSSR count). The van der Waals surface area contributed by atoms with E-state index in [0.717, 1.165) is 5.69 Å². The van der Waals surface area contributed by atoms with Gasteiger partial charge >= 0.3 is 5.97 Å². The van der Waals surface area contributed by atoms with Gasteiger partial charge in [-0.25, -0.2) is 4.79 Å². The molecule has 1 aliphatic rings. The molecule has 5 heteroatoms. The molecule has 1 aliphatic heterocycles. The molecular formula is C11H10N2O2S. The summed E-state index contributed by atoms with van der Waals surface area (Å²) in [7, 11) is 0. The molecule has 1 atom stereocenters. The Labute approximate surface area is 97.5 Å². The molecule has 0 aliphatic carbocycles.